The minimum absolute atomic E-state index is 0.167. The zero-order chi connectivity index (χ0) is 16.4. The van der Waals surface area contributed by atoms with Crippen LogP contribution in [-0.4, -0.2) is 10.9 Å². The SMILES string of the molecule is O=C(Nc1ccccc1)c1cccc(-c2nc3ccccc3o2)c1. The third-order valence-electron chi connectivity index (χ3n) is 3.70. The zero-order valence-electron chi connectivity index (χ0n) is 12.8. The van der Waals surface area contributed by atoms with Gasteiger partial charge in [0, 0.05) is 16.8 Å². The van der Waals surface area contributed by atoms with Gasteiger partial charge < -0.3 is 9.73 Å². The number of anilines is 1. The second-order valence-electron chi connectivity index (χ2n) is 5.39. The molecule has 4 rings (SSSR count). The summed E-state index contributed by atoms with van der Waals surface area (Å²) in [6, 6.07) is 24.2. The van der Waals surface area contributed by atoms with E-state index in [1.807, 2.05) is 66.7 Å². The van der Waals surface area contributed by atoms with Gasteiger partial charge in [0.1, 0.15) is 5.52 Å². The molecule has 0 saturated heterocycles. The molecule has 24 heavy (non-hydrogen) atoms. The molecule has 3 aromatic carbocycles. The van der Waals surface area contributed by atoms with Gasteiger partial charge in [-0.2, -0.15) is 0 Å². The highest BCUT2D eigenvalue weighted by Crippen LogP contribution is 2.25. The largest absolute Gasteiger partial charge is 0.436 e. The maximum Gasteiger partial charge on any atom is 0.255 e. The van der Waals surface area contributed by atoms with Crippen LogP contribution in [0.5, 0.6) is 0 Å². The lowest BCUT2D eigenvalue weighted by Gasteiger charge is -2.05. The van der Waals surface area contributed by atoms with E-state index in [1.165, 1.54) is 0 Å². The Morgan fingerprint density at radius 3 is 2.50 bits per heavy atom. The van der Waals surface area contributed by atoms with Crippen LogP contribution in [0.25, 0.3) is 22.6 Å². The lowest BCUT2D eigenvalue weighted by molar-refractivity contribution is 0.102. The standard InChI is InChI=1S/C20H14N2O2/c23-19(21-16-9-2-1-3-10-16)14-7-6-8-15(13-14)20-22-17-11-4-5-12-18(17)24-20/h1-13H,(H,21,23). The van der Waals surface area contributed by atoms with Crippen LogP contribution in [0.1, 0.15) is 10.4 Å². The quantitative estimate of drug-likeness (QED) is 0.594. The highest BCUT2D eigenvalue weighted by molar-refractivity contribution is 6.04. The number of nitrogens with one attached hydrogen (secondary N) is 1. The van der Waals surface area contributed by atoms with Crippen molar-refractivity contribution in [3.8, 4) is 11.5 Å². The number of para-hydroxylation sites is 3. The van der Waals surface area contributed by atoms with E-state index in [2.05, 4.69) is 10.3 Å². The summed E-state index contributed by atoms with van der Waals surface area (Å²) in [5.74, 6) is 0.338. The molecule has 116 valence electrons. The number of fused-ring (bicyclic) bond motifs is 1. The number of hydrogen-bond donors (Lipinski definition) is 1. The van der Waals surface area contributed by atoms with Crippen molar-refractivity contribution in [2.45, 2.75) is 0 Å². The Bertz CT molecular complexity index is 973. The second kappa shape index (κ2) is 6.01. The maximum atomic E-state index is 12.4. The predicted octanol–water partition coefficient (Wildman–Crippen LogP) is 4.75. The normalized spacial score (nSPS) is 10.7. The first-order valence-corrected chi connectivity index (χ1v) is 7.62. The predicted molar refractivity (Wildman–Crippen MR) is 93.8 cm³/mol. The smallest absolute Gasteiger partial charge is 0.255 e. The third kappa shape index (κ3) is 2.77. The summed E-state index contributed by atoms with van der Waals surface area (Å²) in [7, 11) is 0. The summed E-state index contributed by atoms with van der Waals surface area (Å²) >= 11 is 0. The molecule has 4 heteroatoms. The number of carbonyl (C=O) groups is 1. The van der Waals surface area contributed by atoms with Crippen LogP contribution in [0.15, 0.2) is 83.3 Å². The maximum absolute atomic E-state index is 12.4. The van der Waals surface area contributed by atoms with Gasteiger partial charge in [-0.3, -0.25) is 4.79 Å². The number of nitrogens with zero attached hydrogens (tertiary/aromatic N) is 1. The summed E-state index contributed by atoms with van der Waals surface area (Å²) in [5.41, 5.74) is 3.61. The van der Waals surface area contributed by atoms with Crippen molar-refractivity contribution in [1.82, 2.24) is 4.98 Å². The fraction of sp³-hybridized carbons (Fsp3) is 0. The van der Waals surface area contributed by atoms with Crippen molar-refractivity contribution in [1.29, 1.82) is 0 Å². The average molecular weight is 314 g/mol. The average Bonchev–Trinajstić information content (AvgIpc) is 3.07. The van der Waals surface area contributed by atoms with Gasteiger partial charge >= 0.3 is 0 Å². The van der Waals surface area contributed by atoms with Crippen molar-refractivity contribution in [2.75, 3.05) is 5.32 Å². The third-order valence-corrected chi connectivity index (χ3v) is 3.70. The Hall–Kier alpha value is -3.40. The molecule has 4 aromatic rings. The summed E-state index contributed by atoms with van der Waals surface area (Å²) < 4.78 is 5.76. The summed E-state index contributed by atoms with van der Waals surface area (Å²) in [6.07, 6.45) is 0. The lowest BCUT2D eigenvalue weighted by Crippen LogP contribution is -2.11. The monoisotopic (exact) mass is 314 g/mol. The van der Waals surface area contributed by atoms with Crippen LogP contribution < -0.4 is 5.32 Å². The molecule has 4 nitrogen and oxygen atoms in total. The van der Waals surface area contributed by atoms with E-state index < -0.39 is 0 Å². The van der Waals surface area contributed by atoms with Gasteiger partial charge in [0.15, 0.2) is 5.58 Å². The molecule has 0 atom stereocenters. The number of carbonyl (C=O) groups excluding carboxylic acids is 1. The molecule has 0 aliphatic rings. The van der Waals surface area contributed by atoms with Gasteiger partial charge in [0.2, 0.25) is 5.89 Å². The van der Waals surface area contributed by atoms with Crippen LogP contribution in [0, 0.1) is 0 Å². The first-order valence-electron chi connectivity index (χ1n) is 7.62. The van der Waals surface area contributed by atoms with Gasteiger partial charge in [-0.25, -0.2) is 4.98 Å². The molecule has 1 amide bonds. The number of hydrogen-bond acceptors (Lipinski definition) is 3. The molecule has 0 saturated carbocycles. The second-order valence-corrected chi connectivity index (χ2v) is 5.39. The Labute approximate surface area is 138 Å². The van der Waals surface area contributed by atoms with Crippen molar-refractivity contribution in [3.63, 3.8) is 0 Å². The Balaban J connectivity index is 1.64. The van der Waals surface area contributed by atoms with E-state index in [4.69, 9.17) is 4.42 Å². The number of amides is 1. The van der Waals surface area contributed by atoms with Gasteiger partial charge in [-0.15, -0.1) is 0 Å². The van der Waals surface area contributed by atoms with Crippen LogP contribution in [-0.2, 0) is 0 Å². The molecule has 1 aromatic heterocycles. The molecule has 0 fully saturated rings. The molecule has 0 unspecified atom stereocenters. The topological polar surface area (TPSA) is 55.1 Å². The minimum atomic E-state index is -0.167. The van der Waals surface area contributed by atoms with Gasteiger partial charge in [0.05, 0.1) is 0 Å². The fourth-order valence-corrected chi connectivity index (χ4v) is 2.51. The molecule has 0 bridgehead atoms. The van der Waals surface area contributed by atoms with Crippen molar-refractivity contribution >= 4 is 22.7 Å². The molecular weight excluding hydrogens is 300 g/mol. The molecular formula is C20H14N2O2. The van der Waals surface area contributed by atoms with E-state index in [1.54, 1.807) is 12.1 Å². The number of benzene rings is 3. The first-order chi connectivity index (χ1) is 11.8. The van der Waals surface area contributed by atoms with Gasteiger partial charge in [0.25, 0.3) is 5.91 Å². The Morgan fingerprint density at radius 1 is 0.875 bits per heavy atom. The molecule has 1 N–H and O–H groups in total. The number of rotatable bonds is 3. The summed E-state index contributed by atoms with van der Waals surface area (Å²) in [4.78, 5) is 16.9. The molecule has 1 heterocycles. The lowest BCUT2D eigenvalue weighted by atomic mass is 10.1. The van der Waals surface area contributed by atoms with Crippen molar-refractivity contribution in [2.24, 2.45) is 0 Å². The van der Waals surface area contributed by atoms with Gasteiger partial charge in [-0.05, 0) is 42.5 Å². The molecule has 0 aliphatic heterocycles. The first kappa shape index (κ1) is 14.2. The molecule has 0 radical (unpaired) electrons. The number of aromatic nitrogens is 1. The zero-order valence-corrected chi connectivity index (χ0v) is 12.8. The van der Waals surface area contributed by atoms with Crippen molar-refractivity contribution in [3.05, 3.63) is 84.4 Å². The molecule has 0 spiro atoms. The van der Waals surface area contributed by atoms with Crippen LogP contribution in [0.3, 0.4) is 0 Å². The van der Waals surface area contributed by atoms with E-state index in [9.17, 15) is 4.79 Å². The van der Waals surface area contributed by atoms with Gasteiger partial charge in [-0.1, -0.05) is 36.4 Å². The highest BCUT2D eigenvalue weighted by atomic mass is 16.3. The van der Waals surface area contributed by atoms with Crippen LogP contribution >= 0.6 is 0 Å². The minimum Gasteiger partial charge on any atom is -0.436 e. The summed E-state index contributed by atoms with van der Waals surface area (Å²) in [6.45, 7) is 0. The number of oxazole rings is 1. The Morgan fingerprint density at radius 2 is 1.67 bits per heavy atom. The van der Waals surface area contributed by atoms with Crippen LogP contribution in [0.4, 0.5) is 5.69 Å². The van der Waals surface area contributed by atoms with E-state index >= 15 is 0 Å². The molecule has 0 aliphatic carbocycles. The van der Waals surface area contributed by atoms with E-state index in [0.29, 0.717) is 11.5 Å². The fourth-order valence-electron chi connectivity index (χ4n) is 2.51. The van der Waals surface area contributed by atoms with E-state index in [-0.39, 0.29) is 5.91 Å². The Kier molecular flexibility index (Phi) is 3.56. The highest BCUT2D eigenvalue weighted by Gasteiger charge is 2.11. The van der Waals surface area contributed by atoms with E-state index in [0.717, 1.165) is 22.4 Å². The van der Waals surface area contributed by atoms with Crippen molar-refractivity contribution < 1.29 is 9.21 Å². The summed E-state index contributed by atoms with van der Waals surface area (Å²) in [5, 5.41) is 2.87. The van der Waals surface area contributed by atoms with Crippen LogP contribution in [0.2, 0.25) is 0 Å².